The van der Waals surface area contributed by atoms with Crippen molar-refractivity contribution in [2.45, 2.75) is 51.3 Å². The molecule has 2 heteroatoms. The lowest BCUT2D eigenvalue weighted by molar-refractivity contribution is 0.147. The Balaban J connectivity index is 2.07. The van der Waals surface area contributed by atoms with Crippen molar-refractivity contribution < 1.29 is 0 Å². The zero-order valence-electron chi connectivity index (χ0n) is 12.1. The first kappa shape index (κ1) is 15.8. The molecule has 0 aromatic heterocycles. The fourth-order valence-electron chi connectivity index (χ4n) is 3.45. The maximum absolute atomic E-state index is 3.95. The molecule has 0 spiro atoms. The van der Waals surface area contributed by atoms with Crippen LogP contribution in [0.25, 0.3) is 0 Å². The number of rotatable bonds is 3. The van der Waals surface area contributed by atoms with Crippen LogP contribution in [0.4, 0.5) is 0 Å². The SMILES string of the molecule is CC1CCC(C(C)(C)Cc2ccc(I)cc2)C(Br)C1. The Hall–Kier alpha value is 0.430. The van der Waals surface area contributed by atoms with Crippen molar-refractivity contribution in [2.75, 3.05) is 0 Å². The Bertz CT molecular complexity index is 410. The molecule has 106 valence electrons. The summed E-state index contributed by atoms with van der Waals surface area (Å²) in [6.45, 7) is 7.27. The predicted octanol–water partition coefficient (Wildman–Crippen LogP) is 6.06. The van der Waals surface area contributed by atoms with Crippen LogP contribution in [0.2, 0.25) is 0 Å². The minimum atomic E-state index is 0.376. The molecular formula is C17H24BrI. The molecule has 0 nitrogen and oxygen atoms in total. The van der Waals surface area contributed by atoms with Gasteiger partial charge in [-0.1, -0.05) is 55.3 Å². The Morgan fingerprint density at radius 1 is 1.21 bits per heavy atom. The standard InChI is InChI=1S/C17H24BrI/c1-12-4-9-15(16(18)10-12)17(2,3)11-13-5-7-14(19)8-6-13/h5-8,12,15-16H,4,9-11H2,1-3H3. The molecule has 1 aromatic rings. The van der Waals surface area contributed by atoms with E-state index in [2.05, 4.69) is 83.6 Å². The molecule has 0 amide bonds. The summed E-state index contributed by atoms with van der Waals surface area (Å²) in [5.41, 5.74) is 1.85. The number of halogens is 2. The average Bonchev–Trinajstić information content (AvgIpc) is 2.31. The molecule has 0 aliphatic heterocycles. The average molecular weight is 435 g/mol. The fraction of sp³-hybridized carbons (Fsp3) is 0.647. The van der Waals surface area contributed by atoms with Crippen LogP contribution in [0.5, 0.6) is 0 Å². The van der Waals surface area contributed by atoms with Gasteiger partial charge < -0.3 is 0 Å². The van der Waals surface area contributed by atoms with E-state index in [9.17, 15) is 0 Å². The normalized spacial score (nSPS) is 28.4. The summed E-state index contributed by atoms with van der Waals surface area (Å²) in [5, 5.41) is 0. The first-order valence-electron chi connectivity index (χ1n) is 7.27. The van der Waals surface area contributed by atoms with Crippen LogP contribution in [0, 0.1) is 20.8 Å². The molecule has 0 bridgehead atoms. The predicted molar refractivity (Wildman–Crippen MR) is 95.9 cm³/mol. The zero-order valence-corrected chi connectivity index (χ0v) is 15.9. The lowest BCUT2D eigenvalue weighted by Crippen LogP contribution is -2.37. The van der Waals surface area contributed by atoms with E-state index in [4.69, 9.17) is 0 Å². The minimum Gasteiger partial charge on any atom is -0.0887 e. The number of hydrogen-bond acceptors (Lipinski definition) is 0. The molecule has 1 fully saturated rings. The van der Waals surface area contributed by atoms with Crippen LogP contribution in [0.3, 0.4) is 0 Å². The van der Waals surface area contributed by atoms with E-state index in [1.165, 1.54) is 34.8 Å². The maximum atomic E-state index is 3.95. The van der Waals surface area contributed by atoms with Gasteiger partial charge in [-0.15, -0.1) is 0 Å². The van der Waals surface area contributed by atoms with E-state index >= 15 is 0 Å². The van der Waals surface area contributed by atoms with Crippen LogP contribution in [-0.2, 0) is 6.42 Å². The second-order valence-electron chi connectivity index (χ2n) is 6.83. The zero-order chi connectivity index (χ0) is 14.0. The van der Waals surface area contributed by atoms with Gasteiger partial charge in [0.05, 0.1) is 0 Å². The topological polar surface area (TPSA) is 0 Å². The largest absolute Gasteiger partial charge is 0.0887 e. The van der Waals surface area contributed by atoms with Crippen molar-refractivity contribution in [1.29, 1.82) is 0 Å². The third-order valence-electron chi connectivity index (χ3n) is 4.61. The minimum absolute atomic E-state index is 0.376. The van der Waals surface area contributed by atoms with E-state index < -0.39 is 0 Å². The second kappa shape index (κ2) is 6.46. The van der Waals surface area contributed by atoms with Crippen molar-refractivity contribution in [3.05, 3.63) is 33.4 Å². The van der Waals surface area contributed by atoms with Crippen LogP contribution < -0.4 is 0 Å². The summed E-state index contributed by atoms with van der Waals surface area (Å²) < 4.78 is 1.32. The summed E-state index contributed by atoms with van der Waals surface area (Å²) in [4.78, 5) is 0.690. The highest BCUT2D eigenvalue weighted by atomic mass is 127. The van der Waals surface area contributed by atoms with Gasteiger partial charge in [0.25, 0.3) is 0 Å². The van der Waals surface area contributed by atoms with Gasteiger partial charge in [0, 0.05) is 8.40 Å². The third-order valence-corrected chi connectivity index (χ3v) is 6.34. The van der Waals surface area contributed by atoms with Crippen LogP contribution in [0.1, 0.15) is 45.6 Å². The highest BCUT2D eigenvalue weighted by Gasteiger charge is 2.37. The van der Waals surface area contributed by atoms with Gasteiger partial charge in [-0.2, -0.15) is 0 Å². The summed E-state index contributed by atoms with van der Waals surface area (Å²) >= 11 is 6.33. The quantitative estimate of drug-likeness (QED) is 0.400. The molecular weight excluding hydrogens is 411 g/mol. The molecule has 0 radical (unpaired) electrons. The van der Waals surface area contributed by atoms with E-state index in [0.29, 0.717) is 10.2 Å². The van der Waals surface area contributed by atoms with Crippen LogP contribution >= 0.6 is 38.5 Å². The molecule has 2 rings (SSSR count). The molecule has 3 atom stereocenters. The highest BCUT2D eigenvalue weighted by molar-refractivity contribution is 14.1. The summed E-state index contributed by atoms with van der Waals surface area (Å²) in [6, 6.07) is 9.03. The molecule has 1 aromatic carbocycles. The smallest absolute Gasteiger partial charge is 0.0181 e. The summed E-state index contributed by atoms with van der Waals surface area (Å²) in [5.74, 6) is 1.68. The van der Waals surface area contributed by atoms with Crippen molar-refractivity contribution in [1.82, 2.24) is 0 Å². The van der Waals surface area contributed by atoms with E-state index in [-0.39, 0.29) is 0 Å². The van der Waals surface area contributed by atoms with Crippen molar-refractivity contribution in [2.24, 2.45) is 17.3 Å². The Morgan fingerprint density at radius 3 is 2.42 bits per heavy atom. The molecule has 0 N–H and O–H groups in total. The van der Waals surface area contributed by atoms with Gasteiger partial charge in [0.2, 0.25) is 0 Å². The molecule has 1 aliphatic carbocycles. The maximum Gasteiger partial charge on any atom is 0.0181 e. The van der Waals surface area contributed by atoms with Gasteiger partial charge in [-0.3, -0.25) is 0 Å². The molecule has 1 saturated carbocycles. The van der Waals surface area contributed by atoms with Crippen LogP contribution in [-0.4, -0.2) is 4.83 Å². The van der Waals surface area contributed by atoms with E-state index in [0.717, 1.165) is 11.8 Å². The molecule has 0 saturated heterocycles. The van der Waals surface area contributed by atoms with E-state index in [1.807, 2.05) is 0 Å². The Labute approximate surface area is 140 Å². The first-order chi connectivity index (χ1) is 8.88. The second-order valence-corrected chi connectivity index (χ2v) is 9.25. The Morgan fingerprint density at radius 2 is 1.84 bits per heavy atom. The molecule has 1 aliphatic rings. The fourth-order valence-corrected chi connectivity index (χ4v) is 5.43. The van der Waals surface area contributed by atoms with Crippen molar-refractivity contribution >= 4 is 38.5 Å². The summed E-state index contributed by atoms with van der Waals surface area (Å²) in [6.07, 6.45) is 5.28. The van der Waals surface area contributed by atoms with Gasteiger partial charge in [-0.25, -0.2) is 0 Å². The number of hydrogen-bond donors (Lipinski definition) is 0. The van der Waals surface area contributed by atoms with Crippen molar-refractivity contribution in [3.8, 4) is 0 Å². The molecule has 19 heavy (non-hydrogen) atoms. The number of benzene rings is 1. The third kappa shape index (κ3) is 4.20. The number of alkyl halides is 1. The van der Waals surface area contributed by atoms with E-state index in [1.54, 1.807) is 0 Å². The lowest BCUT2D eigenvalue weighted by Gasteiger charge is -2.42. The monoisotopic (exact) mass is 434 g/mol. The lowest BCUT2D eigenvalue weighted by atomic mass is 9.66. The molecule has 3 unspecified atom stereocenters. The van der Waals surface area contributed by atoms with Gasteiger partial charge >= 0.3 is 0 Å². The van der Waals surface area contributed by atoms with Crippen molar-refractivity contribution in [3.63, 3.8) is 0 Å². The molecule has 0 heterocycles. The highest BCUT2D eigenvalue weighted by Crippen LogP contribution is 2.45. The van der Waals surface area contributed by atoms with Crippen LogP contribution in [0.15, 0.2) is 24.3 Å². The summed E-state index contributed by atoms with van der Waals surface area (Å²) in [7, 11) is 0. The van der Waals surface area contributed by atoms with Gasteiger partial charge in [0.15, 0.2) is 0 Å². The Kier molecular flexibility index (Phi) is 5.38. The first-order valence-corrected chi connectivity index (χ1v) is 9.26. The van der Waals surface area contributed by atoms with Gasteiger partial charge in [-0.05, 0) is 76.8 Å². The van der Waals surface area contributed by atoms with Gasteiger partial charge in [0.1, 0.15) is 0 Å².